The van der Waals surface area contributed by atoms with Gasteiger partial charge in [0.25, 0.3) is 0 Å². The van der Waals surface area contributed by atoms with E-state index >= 15 is 0 Å². The van der Waals surface area contributed by atoms with Gasteiger partial charge in [0.2, 0.25) is 0 Å². The fourth-order valence-electron chi connectivity index (χ4n) is 1.25. The predicted octanol–water partition coefficient (Wildman–Crippen LogP) is 4.81. The third kappa shape index (κ3) is 15.2. The van der Waals surface area contributed by atoms with E-state index in [-0.39, 0.29) is 0 Å². The molecule has 2 heteroatoms. The summed E-state index contributed by atoms with van der Waals surface area (Å²) >= 11 is -1.30. The predicted molar refractivity (Wildman–Crippen MR) is 76.4 cm³/mol. The Hall–Kier alpha value is 0.690. The van der Waals surface area contributed by atoms with E-state index in [0.717, 1.165) is 8.86 Å². The van der Waals surface area contributed by atoms with Crippen molar-refractivity contribution in [1.29, 1.82) is 0 Å². The second-order valence-electron chi connectivity index (χ2n) is 3.08. The second-order valence-corrected chi connectivity index (χ2v) is 8.58. The van der Waals surface area contributed by atoms with Crippen molar-refractivity contribution in [2.45, 2.75) is 66.2 Å². The molecule has 0 spiro atoms. The minimum atomic E-state index is -1.30. The van der Waals surface area contributed by atoms with Crippen LogP contribution in [0.3, 0.4) is 0 Å². The summed E-state index contributed by atoms with van der Waals surface area (Å²) in [5.41, 5.74) is 0. The van der Waals surface area contributed by atoms with Gasteiger partial charge in [0.15, 0.2) is 0 Å². The summed E-state index contributed by atoms with van der Waals surface area (Å²) in [6, 6.07) is 0. The molecule has 0 bridgehead atoms. The molecule has 0 aliphatic heterocycles. The molecule has 1 N–H and O–H groups in total. The van der Waals surface area contributed by atoms with Crippen LogP contribution in [0, 0.1) is 0 Å². The van der Waals surface area contributed by atoms with Crippen molar-refractivity contribution in [2.24, 2.45) is 0 Å². The van der Waals surface area contributed by atoms with Crippen LogP contribution in [0.15, 0.2) is 0 Å². The third-order valence-electron chi connectivity index (χ3n) is 2.12. The van der Waals surface area contributed by atoms with Crippen LogP contribution in [0.4, 0.5) is 0 Å². The Labute approximate surface area is 98.6 Å². The molecule has 1 aliphatic carbocycles. The van der Waals surface area contributed by atoms with Crippen LogP contribution in [0.25, 0.3) is 0 Å². The number of rotatable bonds is 2. The van der Waals surface area contributed by atoms with E-state index in [1.807, 2.05) is 27.7 Å². The molecule has 14 heavy (non-hydrogen) atoms. The molecule has 1 saturated carbocycles. The quantitative estimate of drug-likeness (QED) is 0.573. The van der Waals surface area contributed by atoms with Gasteiger partial charge in [-0.3, -0.25) is 0 Å². The summed E-state index contributed by atoms with van der Waals surface area (Å²) in [6.45, 7) is 8.10. The first-order valence-electron chi connectivity index (χ1n) is 6.12. The fraction of sp³-hybridized carbons (Fsp3) is 1.00. The zero-order valence-electron chi connectivity index (χ0n) is 10.5. The van der Waals surface area contributed by atoms with Gasteiger partial charge in [0.05, 0.1) is 0 Å². The van der Waals surface area contributed by atoms with Gasteiger partial charge in [-0.25, -0.2) is 0 Å². The third-order valence-corrected chi connectivity index (χ3v) is 5.64. The van der Waals surface area contributed by atoms with Gasteiger partial charge in [0, 0.05) is 0 Å². The molecule has 90 valence electrons. The second kappa shape index (κ2) is 16.1. The molecule has 1 aliphatic rings. The number of hydrogen-bond acceptors (Lipinski definition) is 1. The van der Waals surface area contributed by atoms with Gasteiger partial charge < -0.3 is 0 Å². The Morgan fingerprint density at radius 1 is 0.786 bits per heavy atom. The average Bonchev–Trinajstić information content (AvgIpc) is 2.33. The van der Waals surface area contributed by atoms with Crippen molar-refractivity contribution in [1.82, 2.24) is 0 Å². The van der Waals surface area contributed by atoms with Crippen molar-refractivity contribution < 1.29 is 3.44 Å². The van der Waals surface area contributed by atoms with Crippen LogP contribution in [-0.4, -0.2) is 12.3 Å². The number of hydrogen-bond donors (Lipinski definition) is 1. The Morgan fingerprint density at radius 3 is 1.07 bits per heavy atom. The van der Waals surface area contributed by atoms with Gasteiger partial charge in [-0.05, 0) is 0 Å². The molecule has 0 aromatic rings. The summed E-state index contributed by atoms with van der Waals surface area (Å²) < 4.78 is 10.9. The SMILES string of the molecule is C1CCCCC1.CC.CCI(O)CC. The van der Waals surface area contributed by atoms with Gasteiger partial charge >= 0.3 is 46.4 Å². The molecule has 1 fully saturated rings. The molecule has 0 heterocycles. The Bertz CT molecular complexity index is 66.9. The summed E-state index contributed by atoms with van der Waals surface area (Å²) in [6.07, 6.45) is 9.00. The number of halogens is 1. The van der Waals surface area contributed by atoms with Crippen LogP contribution in [0.5, 0.6) is 0 Å². The van der Waals surface area contributed by atoms with E-state index in [9.17, 15) is 0 Å². The van der Waals surface area contributed by atoms with Gasteiger partial charge in [-0.2, -0.15) is 0 Å². The van der Waals surface area contributed by atoms with E-state index in [1.165, 1.54) is 38.5 Å². The summed E-state index contributed by atoms with van der Waals surface area (Å²) in [7, 11) is 0. The molecule has 0 amide bonds. The molecule has 0 aromatic heterocycles. The first kappa shape index (κ1) is 17.1. The van der Waals surface area contributed by atoms with E-state index < -0.39 is 20.2 Å². The zero-order chi connectivity index (χ0) is 11.2. The maximum atomic E-state index is 8.82. The van der Waals surface area contributed by atoms with Gasteiger partial charge in [-0.15, -0.1) is 0 Å². The summed E-state index contributed by atoms with van der Waals surface area (Å²) in [5, 5.41) is 0. The van der Waals surface area contributed by atoms with E-state index in [4.69, 9.17) is 3.44 Å². The van der Waals surface area contributed by atoms with Crippen molar-refractivity contribution in [3.05, 3.63) is 0 Å². The van der Waals surface area contributed by atoms with Crippen LogP contribution < -0.4 is 0 Å². The Balaban J connectivity index is 0. The van der Waals surface area contributed by atoms with Gasteiger partial charge in [0.1, 0.15) is 0 Å². The molecule has 0 saturated heterocycles. The monoisotopic (exact) mass is 316 g/mol. The Kier molecular flexibility index (Phi) is 19.7. The molecule has 0 radical (unpaired) electrons. The first-order chi connectivity index (χ1) is 6.81. The van der Waals surface area contributed by atoms with E-state index in [0.29, 0.717) is 0 Å². The van der Waals surface area contributed by atoms with Gasteiger partial charge in [-0.1, -0.05) is 52.4 Å². The molecule has 1 nitrogen and oxygen atoms in total. The van der Waals surface area contributed by atoms with E-state index in [1.54, 1.807) is 0 Å². The van der Waals surface area contributed by atoms with Crippen molar-refractivity contribution in [2.75, 3.05) is 8.86 Å². The molecule has 1 rings (SSSR count). The van der Waals surface area contributed by atoms with Crippen LogP contribution in [-0.2, 0) is 0 Å². The van der Waals surface area contributed by atoms with Crippen molar-refractivity contribution in [3.8, 4) is 0 Å². The zero-order valence-corrected chi connectivity index (χ0v) is 12.6. The van der Waals surface area contributed by atoms with Crippen LogP contribution in [0.2, 0.25) is 0 Å². The fourth-order valence-corrected chi connectivity index (χ4v) is 2.33. The minimum absolute atomic E-state index is 1.04. The van der Waals surface area contributed by atoms with Crippen LogP contribution >= 0.6 is 20.2 Å². The van der Waals surface area contributed by atoms with Crippen molar-refractivity contribution in [3.63, 3.8) is 0 Å². The molecular weight excluding hydrogens is 287 g/mol. The standard InChI is InChI=1S/C6H12.C4H11IO.C2H6/c1-2-4-6-5-3-1;1-3-5(6)4-2;1-2/h1-6H2;6H,3-4H2,1-2H3;1-2H3. The Morgan fingerprint density at radius 2 is 1.00 bits per heavy atom. The molecule has 0 aromatic carbocycles. The van der Waals surface area contributed by atoms with Crippen molar-refractivity contribution >= 4 is 20.2 Å². The maximum absolute atomic E-state index is 8.82. The molecular formula is C12H29IO. The molecule has 0 unspecified atom stereocenters. The summed E-state index contributed by atoms with van der Waals surface area (Å²) in [4.78, 5) is 0. The van der Waals surface area contributed by atoms with Crippen LogP contribution in [0.1, 0.15) is 66.2 Å². The first-order valence-corrected chi connectivity index (χ1v) is 10.1. The van der Waals surface area contributed by atoms with E-state index in [2.05, 4.69) is 0 Å². The molecule has 0 atom stereocenters. The normalized spacial score (nSPS) is 15.6. The topological polar surface area (TPSA) is 20.2 Å². The average molecular weight is 316 g/mol. The number of alkyl halides is 2. The summed E-state index contributed by atoms with van der Waals surface area (Å²) in [5.74, 6) is 0.